The quantitative estimate of drug-likeness (QED) is 0.501. The van der Waals surface area contributed by atoms with Gasteiger partial charge in [0.2, 0.25) is 0 Å². The highest BCUT2D eigenvalue weighted by Gasteiger charge is 2.19. The van der Waals surface area contributed by atoms with E-state index < -0.39 is 17.4 Å². The van der Waals surface area contributed by atoms with Gasteiger partial charge in [0.1, 0.15) is 11.4 Å². The van der Waals surface area contributed by atoms with Crippen molar-refractivity contribution in [1.29, 1.82) is 0 Å². The summed E-state index contributed by atoms with van der Waals surface area (Å²) in [6.45, 7) is 6.41. The number of nitrogen functional groups attached to an aromatic ring is 1. The number of ether oxygens (including phenoxy) is 3. The number of hydrogen-bond acceptors (Lipinski definition) is 6. The molecule has 1 heterocycles. The first-order chi connectivity index (χ1) is 14.2. The predicted octanol–water partition coefficient (Wildman–Crippen LogP) is 5.15. The van der Waals surface area contributed by atoms with Crippen molar-refractivity contribution in [1.82, 2.24) is 0 Å². The molecule has 0 radical (unpaired) electrons. The second-order valence-electron chi connectivity index (χ2n) is 8.35. The van der Waals surface area contributed by atoms with Gasteiger partial charge in [-0.15, -0.1) is 0 Å². The van der Waals surface area contributed by atoms with Crippen LogP contribution in [0.25, 0.3) is 0 Å². The van der Waals surface area contributed by atoms with Gasteiger partial charge < -0.3 is 25.3 Å². The minimum atomic E-state index is -0.645. The number of esters is 1. The monoisotopic (exact) mass is 416 g/mol. The Morgan fingerprint density at radius 3 is 2.60 bits per heavy atom. The smallest absolute Gasteiger partial charge is 0.338 e. The summed E-state index contributed by atoms with van der Waals surface area (Å²) in [6, 6.07) is 9.59. The van der Waals surface area contributed by atoms with Crippen LogP contribution in [0.5, 0.6) is 0 Å². The maximum absolute atomic E-state index is 14.5. The van der Waals surface area contributed by atoms with E-state index in [9.17, 15) is 9.18 Å². The molecule has 30 heavy (non-hydrogen) atoms. The Kier molecular flexibility index (Phi) is 6.95. The van der Waals surface area contributed by atoms with Crippen LogP contribution in [0.2, 0.25) is 0 Å². The third-order valence-corrected chi connectivity index (χ3v) is 4.56. The maximum Gasteiger partial charge on any atom is 0.338 e. The van der Waals surface area contributed by atoms with Crippen LogP contribution in [0.1, 0.15) is 56.0 Å². The predicted molar refractivity (Wildman–Crippen MR) is 114 cm³/mol. The van der Waals surface area contributed by atoms with Crippen molar-refractivity contribution in [3.8, 4) is 0 Å². The highest BCUT2D eigenvalue weighted by atomic mass is 19.1. The molecule has 0 bridgehead atoms. The molecule has 6 nitrogen and oxygen atoms in total. The number of carbonyl (C=O) groups is 1. The number of benzene rings is 2. The molecule has 2 aromatic carbocycles. The Balaban J connectivity index is 1.63. The van der Waals surface area contributed by atoms with Crippen LogP contribution < -0.4 is 11.1 Å². The maximum atomic E-state index is 14.5. The fraction of sp³-hybridized carbons (Fsp3) is 0.435. The van der Waals surface area contributed by atoms with Crippen LogP contribution >= 0.6 is 0 Å². The van der Waals surface area contributed by atoms with Gasteiger partial charge in [0.15, 0.2) is 6.29 Å². The molecule has 1 fully saturated rings. The summed E-state index contributed by atoms with van der Waals surface area (Å²) in [6.07, 6.45) is 2.90. The third-order valence-electron chi connectivity index (χ3n) is 4.56. The van der Waals surface area contributed by atoms with Crippen molar-refractivity contribution in [3.05, 3.63) is 53.3 Å². The van der Waals surface area contributed by atoms with Crippen LogP contribution in [-0.2, 0) is 20.8 Å². The Labute approximate surface area is 176 Å². The van der Waals surface area contributed by atoms with Gasteiger partial charge in [-0.1, -0.05) is 6.07 Å². The summed E-state index contributed by atoms with van der Waals surface area (Å²) in [5.41, 5.74) is 7.80. The van der Waals surface area contributed by atoms with Gasteiger partial charge in [-0.2, -0.15) is 0 Å². The first-order valence-electron chi connectivity index (χ1n) is 10.1. The van der Waals surface area contributed by atoms with Crippen molar-refractivity contribution in [2.75, 3.05) is 17.7 Å². The third kappa shape index (κ3) is 6.18. The van der Waals surface area contributed by atoms with Gasteiger partial charge in [0.25, 0.3) is 0 Å². The summed E-state index contributed by atoms with van der Waals surface area (Å²) in [4.78, 5) is 12.1. The second-order valence-corrected chi connectivity index (χ2v) is 8.35. The lowest BCUT2D eigenvalue weighted by molar-refractivity contribution is -0.168. The Morgan fingerprint density at radius 1 is 1.20 bits per heavy atom. The van der Waals surface area contributed by atoms with E-state index in [-0.39, 0.29) is 17.5 Å². The van der Waals surface area contributed by atoms with Gasteiger partial charge >= 0.3 is 5.97 Å². The molecule has 2 aromatic rings. The van der Waals surface area contributed by atoms with Gasteiger partial charge in [-0.25, -0.2) is 9.18 Å². The van der Waals surface area contributed by atoms with Gasteiger partial charge in [-0.3, -0.25) is 0 Å². The Hall–Kier alpha value is -2.64. The van der Waals surface area contributed by atoms with Crippen LogP contribution in [-0.4, -0.2) is 24.5 Å². The zero-order valence-corrected chi connectivity index (χ0v) is 17.7. The molecule has 1 atom stereocenters. The standard InChI is InChI=1S/C23H29FN2O4/c1-23(2,3)30-22(27)16-8-10-19(17(24)13-16)26-20-9-7-15(12-18(20)25)14-29-21-6-4-5-11-28-21/h7-10,12-13,21,26H,4-6,11,14,25H2,1-3H3. The lowest BCUT2D eigenvalue weighted by atomic mass is 10.1. The first kappa shape index (κ1) is 22.1. The van der Waals surface area contributed by atoms with E-state index >= 15 is 0 Å². The molecule has 3 rings (SSSR count). The van der Waals surface area contributed by atoms with E-state index in [1.54, 1.807) is 32.9 Å². The molecule has 7 heteroatoms. The number of nitrogens with one attached hydrogen (secondary N) is 1. The molecule has 3 N–H and O–H groups in total. The summed E-state index contributed by atoms with van der Waals surface area (Å²) >= 11 is 0. The number of rotatable bonds is 6. The molecular formula is C23H29FN2O4. The van der Waals surface area contributed by atoms with E-state index in [4.69, 9.17) is 19.9 Å². The fourth-order valence-corrected chi connectivity index (χ4v) is 3.07. The van der Waals surface area contributed by atoms with Crippen LogP contribution in [0.3, 0.4) is 0 Å². The number of nitrogens with two attached hydrogens (primary N) is 1. The number of hydrogen-bond donors (Lipinski definition) is 2. The molecule has 1 aliphatic heterocycles. The molecule has 1 saturated heterocycles. The first-order valence-corrected chi connectivity index (χ1v) is 10.1. The van der Waals surface area contributed by atoms with Crippen LogP contribution in [0.15, 0.2) is 36.4 Å². The van der Waals surface area contributed by atoms with Crippen LogP contribution in [0.4, 0.5) is 21.5 Å². The van der Waals surface area contributed by atoms with E-state index in [0.29, 0.717) is 18.0 Å². The normalized spacial score (nSPS) is 16.9. The lowest BCUT2D eigenvalue weighted by Crippen LogP contribution is -2.24. The van der Waals surface area contributed by atoms with Gasteiger partial charge in [0.05, 0.1) is 29.2 Å². The molecule has 162 valence electrons. The van der Waals surface area contributed by atoms with Gasteiger partial charge in [-0.05, 0) is 75.9 Å². The van der Waals surface area contributed by atoms with E-state index in [2.05, 4.69) is 5.32 Å². The minimum absolute atomic E-state index is 0.151. The van der Waals surface area contributed by atoms with Gasteiger partial charge in [0, 0.05) is 6.61 Å². The summed E-state index contributed by atoms with van der Waals surface area (Å²) in [5.74, 6) is -1.14. The summed E-state index contributed by atoms with van der Waals surface area (Å²) in [5, 5.41) is 2.97. The topological polar surface area (TPSA) is 82.8 Å². The van der Waals surface area contributed by atoms with Crippen molar-refractivity contribution in [2.24, 2.45) is 0 Å². The zero-order valence-electron chi connectivity index (χ0n) is 17.7. The highest BCUT2D eigenvalue weighted by Crippen LogP contribution is 2.27. The lowest BCUT2D eigenvalue weighted by Gasteiger charge is -2.22. The molecule has 1 unspecified atom stereocenters. The fourth-order valence-electron chi connectivity index (χ4n) is 3.07. The number of halogens is 1. The SMILES string of the molecule is CC(C)(C)OC(=O)c1ccc(Nc2ccc(COC3CCCCO3)cc2N)c(F)c1. The molecule has 0 aliphatic carbocycles. The average molecular weight is 416 g/mol. The Morgan fingerprint density at radius 2 is 1.97 bits per heavy atom. The largest absolute Gasteiger partial charge is 0.456 e. The molecule has 1 aliphatic rings. The van der Waals surface area contributed by atoms with Crippen molar-refractivity contribution < 1.29 is 23.4 Å². The Bertz CT molecular complexity index is 889. The van der Waals surface area contributed by atoms with Crippen LogP contribution in [0, 0.1) is 5.82 Å². The minimum Gasteiger partial charge on any atom is -0.456 e. The number of carbonyl (C=O) groups excluding carboxylic acids is 1. The van der Waals surface area contributed by atoms with E-state index in [1.807, 2.05) is 6.07 Å². The van der Waals surface area contributed by atoms with Crippen molar-refractivity contribution >= 4 is 23.0 Å². The molecule has 0 amide bonds. The molecular weight excluding hydrogens is 387 g/mol. The average Bonchev–Trinajstić information content (AvgIpc) is 2.69. The highest BCUT2D eigenvalue weighted by molar-refractivity contribution is 5.90. The van der Waals surface area contributed by atoms with Crippen molar-refractivity contribution in [3.63, 3.8) is 0 Å². The van der Waals surface area contributed by atoms with E-state index in [1.165, 1.54) is 12.1 Å². The summed E-state index contributed by atoms with van der Waals surface area (Å²) < 4.78 is 31.1. The zero-order chi connectivity index (χ0) is 21.7. The second kappa shape index (κ2) is 9.45. The number of anilines is 3. The van der Waals surface area contributed by atoms with Crippen molar-refractivity contribution in [2.45, 2.75) is 58.5 Å². The van der Waals surface area contributed by atoms with E-state index in [0.717, 1.165) is 37.5 Å². The summed E-state index contributed by atoms with van der Waals surface area (Å²) in [7, 11) is 0. The molecule has 0 saturated carbocycles. The molecule has 0 spiro atoms. The molecule has 0 aromatic heterocycles.